The summed E-state index contributed by atoms with van der Waals surface area (Å²) in [5.74, 6) is -1.49. The number of nitrogens with one attached hydrogen (secondary N) is 1. The average Bonchev–Trinajstić information content (AvgIpc) is 2.81. The first-order valence-corrected chi connectivity index (χ1v) is 6.10. The van der Waals surface area contributed by atoms with Crippen molar-refractivity contribution >= 4 is 28.2 Å². The van der Waals surface area contributed by atoms with Crippen LogP contribution in [-0.2, 0) is 7.05 Å². The fraction of sp³-hybridized carbons (Fsp3) is 0.0833. The van der Waals surface area contributed by atoms with Crippen LogP contribution in [0, 0.1) is 0 Å². The fourth-order valence-electron chi connectivity index (χ4n) is 1.39. The number of nitrogens with zero attached hydrogens (tertiary/aromatic N) is 1. The van der Waals surface area contributed by atoms with E-state index in [0.29, 0.717) is 5.00 Å². The lowest BCUT2D eigenvalue weighted by Crippen LogP contribution is -2.19. The van der Waals surface area contributed by atoms with Crippen molar-refractivity contribution in [2.24, 2.45) is 7.05 Å². The standard InChI is InChI=1S/C12H10N2O4S/c1-14-5-4-7(6-10(14)15)11(16)13-9-3-2-8(19-9)12(17)18/h2-6H,1H3,(H,13,16)(H,17,18). The maximum absolute atomic E-state index is 11.9. The molecule has 7 heteroatoms. The minimum Gasteiger partial charge on any atom is -0.477 e. The Hall–Kier alpha value is -2.41. The molecule has 6 nitrogen and oxygen atoms in total. The molecule has 0 fully saturated rings. The summed E-state index contributed by atoms with van der Waals surface area (Å²) in [5, 5.41) is 11.7. The van der Waals surface area contributed by atoms with E-state index in [4.69, 9.17) is 5.11 Å². The molecule has 2 rings (SSSR count). The van der Waals surface area contributed by atoms with Gasteiger partial charge >= 0.3 is 5.97 Å². The van der Waals surface area contributed by atoms with E-state index in [0.717, 1.165) is 11.3 Å². The number of aryl methyl sites for hydroxylation is 1. The number of aromatic carboxylic acids is 1. The van der Waals surface area contributed by atoms with Crippen LogP contribution in [-0.4, -0.2) is 21.6 Å². The second kappa shape index (κ2) is 5.07. The molecule has 2 aromatic heterocycles. The molecule has 0 bridgehead atoms. The molecule has 0 aromatic carbocycles. The van der Waals surface area contributed by atoms with Gasteiger partial charge in [-0.15, -0.1) is 11.3 Å². The van der Waals surface area contributed by atoms with Gasteiger partial charge in [-0.1, -0.05) is 0 Å². The van der Waals surface area contributed by atoms with Crippen LogP contribution in [0.5, 0.6) is 0 Å². The van der Waals surface area contributed by atoms with Crippen molar-refractivity contribution in [3.05, 3.63) is 51.3 Å². The number of rotatable bonds is 3. The Morgan fingerprint density at radius 3 is 2.63 bits per heavy atom. The second-order valence-corrected chi connectivity index (χ2v) is 4.87. The van der Waals surface area contributed by atoms with Crippen molar-refractivity contribution in [1.82, 2.24) is 4.57 Å². The smallest absolute Gasteiger partial charge is 0.345 e. The third kappa shape index (κ3) is 2.89. The van der Waals surface area contributed by atoms with Gasteiger partial charge in [0, 0.05) is 24.9 Å². The van der Waals surface area contributed by atoms with Crippen LogP contribution in [0.25, 0.3) is 0 Å². The second-order valence-electron chi connectivity index (χ2n) is 3.79. The largest absolute Gasteiger partial charge is 0.477 e. The SMILES string of the molecule is Cn1ccc(C(=O)Nc2ccc(C(=O)O)s2)cc1=O. The van der Waals surface area contributed by atoms with Crippen molar-refractivity contribution < 1.29 is 14.7 Å². The van der Waals surface area contributed by atoms with Crippen molar-refractivity contribution in [1.29, 1.82) is 0 Å². The minimum atomic E-state index is -1.04. The molecule has 2 N–H and O–H groups in total. The Morgan fingerprint density at radius 2 is 2.05 bits per heavy atom. The first-order valence-electron chi connectivity index (χ1n) is 5.28. The van der Waals surface area contributed by atoms with Gasteiger partial charge in [0.15, 0.2) is 0 Å². The maximum Gasteiger partial charge on any atom is 0.345 e. The molecule has 98 valence electrons. The highest BCUT2D eigenvalue weighted by Crippen LogP contribution is 2.22. The van der Waals surface area contributed by atoms with Gasteiger partial charge < -0.3 is 15.0 Å². The molecule has 19 heavy (non-hydrogen) atoms. The highest BCUT2D eigenvalue weighted by Gasteiger charge is 2.11. The van der Waals surface area contributed by atoms with E-state index < -0.39 is 11.9 Å². The van der Waals surface area contributed by atoms with E-state index in [9.17, 15) is 14.4 Å². The van der Waals surface area contributed by atoms with Crippen molar-refractivity contribution in [2.75, 3.05) is 5.32 Å². The Kier molecular flexibility index (Phi) is 3.48. The molecular formula is C12H10N2O4S. The van der Waals surface area contributed by atoms with E-state index in [1.54, 1.807) is 7.05 Å². The van der Waals surface area contributed by atoms with Crippen LogP contribution in [0.15, 0.2) is 35.3 Å². The molecule has 0 aliphatic heterocycles. The van der Waals surface area contributed by atoms with Gasteiger partial charge in [-0.3, -0.25) is 9.59 Å². The molecule has 0 radical (unpaired) electrons. The highest BCUT2D eigenvalue weighted by atomic mass is 32.1. The first kappa shape index (κ1) is 13.0. The molecule has 2 heterocycles. The summed E-state index contributed by atoms with van der Waals surface area (Å²) in [6.45, 7) is 0. The van der Waals surface area contributed by atoms with Crippen LogP contribution >= 0.6 is 11.3 Å². The van der Waals surface area contributed by atoms with E-state index >= 15 is 0 Å². The van der Waals surface area contributed by atoms with Gasteiger partial charge in [0.25, 0.3) is 11.5 Å². The summed E-state index contributed by atoms with van der Waals surface area (Å²) in [4.78, 5) is 34.1. The number of carboxylic acids is 1. The summed E-state index contributed by atoms with van der Waals surface area (Å²) in [6.07, 6.45) is 1.49. The Balaban J connectivity index is 2.18. The number of carbonyl (C=O) groups excluding carboxylic acids is 1. The number of hydrogen-bond donors (Lipinski definition) is 2. The van der Waals surface area contributed by atoms with Gasteiger partial charge in [-0.05, 0) is 18.2 Å². The topological polar surface area (TPSA) is 88.4 Å². The zero-order valence-electron chi connectivity index (χ0n) is 9.91. The molecule has 1 amide bonds. The van der Waals surface area contributed by atoms with Crippen LogP contribution in [0.1, 0.15) is 20.0 Å². The van der Waals surface area contributed by atoms with Gasteiger partial charge in [-0.25, -0.2) is 4.79 Å². The van der Waals surface area contributed by atoms with E-state index in [-0.39, 0.29) is 16.0 Å². The molecule has 0 atom stereocenters. The zero-order valence-corrected chi connectivity index (χ0v) is 10.7. The summed E-state index contributed by atoms with van der Waals surface area (Å²) in [5.41, 5.74) is -0.0570. The Labute approximate surface area is 111 Å². The Bertz CT molecular complexity index is 702. The minimum absolute atomic E-state index is 0.138. The number of amides is 1. The third-order valence-corrected chi connectivity index (χ3v) is 3.41. The first-order chi connectivity index (χ1) is 8.97. The van der Waals surface area contributed by atoms with E-state index in [2.05, 4.69) is 5.32 Å². The third-order valence-electron chi connectivity index (χ3n) is 2.42. The lowest BCUT2D eigenvalue weighted by atomic mass is 10.2. The Morgan fingerprint density at radius 1 is 1.32 bits per heavy atom. The lowest BCUT2D eigenvalue weighted by Gasteiger charge is -2.03. The number of anilines is 1. The van der Waals surface area contributed by atoms with Gasteiger partial charge in [0.1, 0.15) is 4.88 Å². The van der Waals surface area contributed by atoms with Crippen LogP contribution in [0.4, 0.5) is 5.00 Å². The number of carbonyl (C=O) groups is 2. The van der Waals surface area contributed by atoms with Gasteiger partial charge in [0.2, 0.25) is 0 Å². The van der Waals surface area contributed by atoms with Crippen LogP contribution in [0.3, 0.4) is 0 Å². The summed E-state index contributed by atoms with van der Waals surface area (Å²) in [7, 11) is 1.59. The molecule has 0 aliphatic carbocycles. The monoisotopic (exact) mass is 278 g/mol. The molecule has 0 saturated carbocycles. The predicted octanol–water partition coefficient (Wildman–Crippen LogP) is 1.40. The number of carboxylic acid groups (broad SMARTS) is 1. The van der Waals surface area contributed by atoms with Crippen LogP contribution < -0.4 is 10.9 Å². The van der Waals surface area contributed by atoms with Crippen molar-refractivity contribution in [3.63, 3.8) is 0 Å². The molecule has 2 aromatic rings. The normalized spacial score (nSPS) is 10.2. The molecule has 0 saturated heterocycles. The molecule has 0 aliphatic rings. The maximum atomic E-state index is 11.9. The average molecular weight is 278 g/mol. The zero-order chi connectivity index (χ0) is 14.0. The molecule has 0 unspecified atom stereocenters. The highest BCUT2D eigenvalue weighted by molar-refractivity contribution is 7.18. The summed E-state index contributed by atoms with van der Waals surface area (Å²) >= 11 is 0.957. The number of hydrogen-bond acceptors (Lipinski definition) is 4. The summed E-state index contributed by atoms with van der Waals surface area (Å²) in [6, 6.07) is 5.66. The summed E-state index contributed by atoms with van der Waals surface area (Å²) < 4.78 is 1.35. The van der Waals surface area contributed by atoms with Crippen molar-refractivity contribution in [3.8, 4) is 0 Å². The van der Waals surface area contributed by atoms with Gasteiger partial charge in [0.05, 0.1) is 5.00 Å². The van der Waals surface area contributed by atoms with Gasteiger partial charge in [-0.2, -0.15) is 0 Å². The predicted molar refractivity (Wildman–Crippen MR) is 70.9 cm³/mol. The number of thiophene rings is 1. The molecule has 0 spiro atoms. The van der Waals surface area contributed by atoms with Crippen molar-refractivity contribution in [2.45, 2.75) is 0 Å². The van der Waals surface area contributed by atoms with E-state index in [1.807, 2.05) is 0 Å². The molecular weight excluding hydrogens is 268 g/mol. The number of pyridine rings is 1. The van der Waals surface area contributed by atoms with Crippen LogP contribution in [0.2, 0.25) is 0 Å². The lowest BCUT2D eigenvalue weighted by molar-refractivity contribution is 0.0702. The quantitative estimate of drug-likeness (QED) is 0.888. The van der Waals surface area contributed by atoms with E-state index in [1.165, 1.54) is 35.0 Å². The fourth-order valence-corrected chi connectivity index (χ4v) is 2.13. The number of aromatic nitrogens is 1.